The molecule has 1 aliphatic carbocycles. The molecule has 0 aliphatic heterocycles. The van der Waals surface area contributed by atoms with Gasteiger partial charge in [-0.1, -0.05) is 12.5 Å². The van der Waals surface area contributed by atoms with Gasteiger partial charge in [0.15, 0.2) is 11.6 Å². The lowest BCUT2D eigenvalue weighted by atomic mass is 9.67. The zero-order valence-corrected chi connectivity index (χ0v) is 11.6. The number of methoxy groups -OCH3 is 1. The molecule has 0 spiro atoms. The molecule has 0 atom stereocenters. The van der Waals surface area contributed by atoms with E-state index in [4.69, 9.17) is 9.84 Å². The van der Waals surface area contributed by atoms with E-state index >= 15 is 0 Å². The number of hydrogen-bond acceptors (Lipinski definition) is 3. The number of ether oxygens (including phenoxy) is 1. The molecule has 1 aliphatic rings. The van der Waals surface area contributed by atoms with Crippen LogP contribution in [0.4, 0.5) is 4.39 Å². The number of carbonyl (C=O) groups excluding carboxylic acids is 1. The Morgan fingerprint density at radius 3 is 2.80 bits per heavy atom. The molecule has 1 aromatic carbocycles. The summed E-state index contributed by atoms with van der Waals surface area (Å²) in [6, 6.07) is 4.50. The van der Waals surface area contributed by atoms with E-state index in [1.165, 1.54) is 19.2 Å². The summed E-state index contributed by atoms with van der Waals surface area (Å²) in [4.78, 5) is 12.1. The van der Waals surface area contributed by atoms with Crippen LogP contribution in [0.3, 0.4) is 0 Å². The maximum absolute atomic E-state index is 14.0. The minimum Gasteiger partial charge on any atom is -0.494 e. The molecule has 5 heteroatoms. The van der Waals surface area contributed by atoms with Crippen LogP contribution in [0.5, 0.6) is 5.75 Å². The molecule has 20 heavy (non-hydrogen) atoms. The molecule has 0 unspecified atom stereocenters. The van der Waals surface area contributed by atoms with E-state index < -0.39 is 11.7 Å². The number of carbonyl (C=O) groups is 1. The van der Waals surface area contributed by atoms with E-state index in [2.05, 4.69) is 5.32 Å². The van der Waals surface area contributed by atoms with Gasteiger partial charge in [-0.25, -0.2) is 4.39 Å². The third-order valence-corrected chi connectivity index (χ3v) is 4.11. The molecule has 2 N–H and O–H groups in total. The van der Waals surface area contributed by atoms with Crippen molar-refractivity contribution in [1.29, 1.82) is 0 Å². The number of hydrogen-bond donors (Lipinski definition) is 2. The van der Waals surface area contributed by atoms with E-state index in [-0.39, 0.29) is 23.3 Å². The van der Waals surface area contributed by atoms with Gasteiger partial charge in [0.05, 0.1) is 12.7 Å². The molecule has 1 fully saturated rings. The normalized spacial score (nSPS) is 16.4. The highest BCUT2D eigenvalue weighted by Crippen LogP contribution is 2.43. The van der Waals surface area contributed by atoms with Crippen LogP contribution in [0, 0.1) is 11.2 Å². The van der Waals surface area contributed by atoms with Crippen LogP contribution in [0.15, 0.2) is 18.2 Å². The first-order chi connectivity index (χ1) is 9.62. The van der Waals surface area contributed by atoms with Gasteiger partial charge in [-0.15, -0.1) is 0 Å². The van der Waals surface area contributed by atoms with E-state index in [1.807, 2.05) is 0 Å². The van der Waals surface area contributed by atoms with Crippen LogP contribution in [-0.2, 0) is 0 Å². The summed E-state index contributed by atoms with van der Waals surface area (Å²) >= 11 is 0. The smallest absolute Gasteiger partial charge is 0.254 e. The molecule has 2 rings (SSSR count). The maximum atomic E-state index is 14.0. The Balaban J connectivity index is 2.02. The van der Waals surface area contributed by atoms with Crippen molar-refractivity contribution in [1.82, 2.24) is 5.32 Å². The highest BCUT2D eigenvalue weighted by atomic mass is 19.1. The Kier molecular flexibility index (Phi) is 4.60. The lowest BCUT2D eigenvalue weighted by Crippen LogP contribution is -2.42. The summed E-state index contributed by atoms with van der Waals surface area (Å²) in [6.45, 7) is 0.590. The van der Waals surface area contributed by atoms with Gasteiger partial charge in [0.1, 0.15) is 0 Å². The van der Waals surface area contributed by atoms with E-state index in [0.29, 0.717) is 13.0 Å². The summed E-state index contributed by atoms with van der Waals surface area (Å²) in [5.41, 5.74) is -0.0254. The molecule has 1 saturated carbocycles. The van der Waals surface area contributed by atoms with Crippen molar-refractivity contribution >= 4 is 5.91 Å². The van der Waals surface area contributed by atoms with Gasteiger partial charge in [0.2, 0.25) is 0 Å². The van der Waals surface area contributed by atoms with Crippen LogP contribution >= 0.6 is 0 Å². The van der Waals surface area contributed by atoms with Crippen molar-refractivity contribution < 1.29 is 19.0 Å². The fraction of sp³-hybridized carbons (Fsp3) is 0.533. The van der Waals surface area contributed by atoms with Crippen LogP contribution in [-0.4, -0.2) is 31.3 Å². The monoisotopic (exact) mass is 281 g/mol. The van der Waals surface area contributed by atoms with Crippen molar-refractivity contribution in [2.24, 2.45) is 5.41 Å². The van der Waals surface area contributed by atoms with Crippen molar-refractivity contribution in [2.45, 2.75) is 25.7 Å². The van der Waals surface area contributed by atoms with Gasteiger partial charge >= 0.3 is 0 Å². The van der Waals surface area contributed by atoms with Crippen molar-refractivity contribution in [3.8, 4) is 5.75 Å². The number of benzene rings is 1. The minimum atomic E-state index is -0.641. The average molecular weight is 281 g/mol. The predicted octanol–water partition coefficient (Wildman–Crippen LogP) is 2.12. The zero-order chi connectivity index (χ0) is 14.6. The topological polar surface area (TPSA) is 58.6 Å². The van der Waals surface area contributed by atoms with Crippen LogP contribution in [0.25, 0.3) is 0 Å². The Morgan fingerprint density at radius 2 is 2.25 bits per heavy atom. The third-order valence-electron chi connectivity index (χ3n) is 4.11. The third kappa shape index (κ3) is 2.93. The van der Waals surface area contributed by atoms with E-state index in [1.54, 1.807) is 6.07 Å². The Hall–Kier alpha value is -1.62. The number of nitrogens with one attached hydrogen (secondary N) is 1. The Labute approximate surface area is 117 Å². The van der Waals surface area contributed by atoms with Gasteiger partial charge in [-0.2, -0.15) is 0 Å². The largest absolute Gasteiger partial charge is 0.494 e. The minimum absolute atomic E-state index is 0.0113. The molecule has 0 bridgehead atoms. The molecule has 0 heterocycles. The first-order valence-electron chi connectivity index (χ1n) is 6.83. The number of aliphatic hydroxyl groups is 1. The zero-order valence-electron chi connectivity index (χ0n) is 11.6. The second-order valence-electron chi connectivity index (χ2n) is 5.33. The fourth-order valence-electron chi connectivity index (χ4n) is 2.64. The summed E-state index contributed by atoms with van der Waals surface area (Å²) in [7, 11) is 1.37. The predicted molar refractivity (Wildman–Crippen MR) is 73.3 cm³/mol. The lowest BCUT2D eigenvalue weighted by molar-refractivity contribution is 0.0729. The van der Waals surface area contributed by atoms with E-state index in [0.717, 1.165) is 19.3 Å². The van der Waals surface area contributed by atoms with E-state index in [9.17, 15) is 9.18 Å². The molecule has 0 aromatic heterocycles. The molecule has 0 radical (unpaired) electrons. The van der Waals surface area contributed by atoms with Crippen molar-refractivity contribution in [3.05, 3.63) is 29.6 Å². The molecular weight excluding hydrogens is 261 g/mol. The summed E-state index contributed by atoms with van der Waals surface area (Å²) in [6.07, 6.45) is 3.78. The lowest BCUT2D eigenvalue weighted by Gasteiger charge is -2.41. The van der Waals surface area contributed by atoms with Gasteiger partial charge in [0, 0.05) is 13.2 Å². The highest BCUT2D eigenvalue weighted by molar-refractivity contribution is 5.94. The Morgan fingerprint density at radius 1 is 1.50 bits per heavy atom. The number of amides is 1. The molecule has 110 valence electrons. The molecular formula is C15H20FNO3. The molecule has 0 saturated heterocycles. The SMILES string of the molecule is COc1cccc(C(=O)NCC2(CCO)CCC2)c1F. The maximum Gasteiger partial charge on any atom is 0.254 e. The van der Waals surface area contributed by atoms with Gasteiger partial charge < -0.3 is 15.2 Å². The molecule has 1 aromatic rings. The first-order valence-corrected chi connectivity index (χ1v) is 6.83. The van der Waals surface area contributed by atoms with Crippen LogP contribution in [0.1, 0.15) is 36.0 Å². The highest BCUT2D eigenvalue weighted by Gasteiger charge is 2.36. The second-order valence-corrected chi connectivity index (χ2v) is 5.33. The fourth-order valence-corrected chi connectivity index (χ4v) is 2.64. The Bertz CT molecular complexity index is 486. The summed E-state index contributed by atoms with van der Waals surface area (Å²) in [5, 5.41) is 11.8. The second kappa shape index (κ2) is 6.22. The van der Waals surface area contributed by atoms with Gasteiger partial charge in [-0.05, 0) is 36.8 Å². The number of rotatable bonds is 6. The molecule has 4 nitrogen and oxygen atoms in total. The van der Waals surface area contributed by atoms with Gasteiger partial charge in [-0.3, -0.25) is 4.79 Å². The van der Waals surface area contributed by atoms with Crippen LogP contribution in [0.2, 0.25) is 0 Å². The number of aliphatic hydroxyl groups excluding tert-OH is 1. The summed E-state index contributed by atoms with van der Waals surface area (Å²) in [5.74, 6) is -1.02. The quantitative estimate of drug-likeness (QED) is 0.839. The number of halogens is 1. The first kappa shape index (κ1) is 14.8. The van der Waals surface area contributed by atoms with Crippen LogP contribution < -0.4 is 10.1 Å². The molecule has 1 amide bonds. The van der Waals surface area contributed by atoms with Crippen molar-refractivity contribution in [3.63, 3.8) is 0 Å². The standard InChI is InChI=1S/C15H20FNO3/c1-20-12-5-2-4-11(13(12)16)14(19)17-10-15(8-9-18)6-3-7-15/h2,4-5,18H,3,6-10H2,1H3,(H,17,19). The summed E-state index contributed by atoms with van der Waals surface area (Å²) < 4.78 is 18.8. The average Bonchev–Trinajstić information content (AvgIpc) is 2.41. The van der Waals surface area contributed by atoms with Gasteiger partial charge in [0.25, 0.3) is 5.91 Å². The van der Waals surface area contributed by atoms with Crippen molar-refractivity contribution in [2.75, 3.05) is 20.3 Å².